The van der Waals surface area contributed by atoms with E-state index in [4.69, 9.17) is 9.47 Å². The zero-order valence-electron chi connectivity index (χ0n) is 19.4. The van der Waals surface area contributed by atoms with Crippen LogP contribution >= 0.6 is 0 Å². The Morgan fingerprint density at radius 3 is 2.38 bits per heavy atom. The number of benzene rings is 3. The Labute approximate surface area is 200 Å². The number of rotatable bonds is 5. The first-order valence-electron chi connectivity index (χ1n) is 11.9. The van der Waals surface area contributed by atoms with Crippen LogP contribution in [0.3, 0.4) is 0 Å². The van der Waals surface area contributed by atoms with Crippen LogP contribution < -0.4 is 9.47 Å². The van der Waals surface area contributed by atoms with E-state index in [9.17, 15) is 9.59 Å². The van der Waals surface area contributed by atoms with E-state index >= 15 is 0 Å². The van der Waals surface area contributed by atoms with Gasteiger partial charge in [0.15, 0.2) is 5.78 Å². The molecule has 0 N–H and O–H groups in total. The number of Topliss-reactive ketones (excluding diaryl/α,β-unsaturated/α-hetero) is 1. The monoisotopic (exact) mass is 455 g/mol. The Bertz CT molecular complexity index is 1160. The van der Waals surface area contributed by atoms with Crippen LogP contribution in [0.5, 0.6) is 11.5 Å². The molecule has 1 atom stereocenters. The standard InChI is InChI=1S/C29H29NO4/c1-33-26-10-7-21(8-11-26)28(20-5-3-2-4-6-20)22-13-15-30(16-14-22)29(32)23-9-12-27-24(17-23)18-25(31)19-34-27/h2-12,17,22,28H,13-16,18-19H2,1H3/t28-/m1/s1. The molecule has 1 amide bonds. The largest absolute Gasteiger partial charge is 0.497 e. The normalized spacial score (nSPS) is 17.0. The van der Waals surface area contributed by atoms with Gasteiger partial charge in [-0.2, -0.15) is 0 Å². The molecule has 1 saturated heterocycles. The van der Waals surface area contributed by atoms with Crippen molar-refractivity contribution in [1.29, 1.82) is 0 Å². The van der Waals surface area contributed by atoms with E-state index in [1.54, 1.807) is 7.11 Å². The molecule has 5 rings (SSSR count). The van der Waals surface area contributed by atoms with Gasteiger partial charge in [0, 0.05) is 36.6 Å². The van der Waals surface area contributed by atoms with Gasteiger partial charge >= 0.3 is 0 Å². The molecule has 2 heterocycles. The number of hydrogen-bond donors (Lipinski definition) is 0. The predicted octanol–water partition coefficient (Wildman–Crippen LogP) is 4.88. The number of carbonyl (C=O) groups excluding carboxylic acids is 2. The molecule has 5 nitrogen and oxygen atoms in total. The third-order valence-corrected chi connectivity index (χ3v) is 7.02. The van der Waals surface area contributed by atoms with Crippen molar-refractivity contribution in [3.63, 3.8) is 0 Å². The fraction of sp³-hybridized carbons (Fsp3) is 0.310. The number of hydrogen-bond acceptors (Lipinski definition) is 4. The van der Waals surface area contributed by atoms with E-state index in [1.165, 1.54) is 11.1 Å². The summed E-state index contributed by atoms with van der Waals surface area (Å²) in [7, 11) is 1.68. The van der Waals surface area contributed by atoms with Crippen molar-refractivity contribution in [2.75, 3.05) is 26.8 Å². The zero-order chi connectivity index (χ0) is 23.5. The van der Waals surface area contributed by atoms with Crippen LogP contribution in [0.15, 0.2) is 72.8 Å². The molecule has 0 unspecified atom stereocenters. The van der Waals surface area contributed by atoms with Gasteiger partial charge in [0.1, 0.15) is 18.1 Å². The average molecular weight is 456 g/mol. The molecule has 0 aliphatic carbocycles. The minimum atomic E-state index is 0.0278. The van der Waals surface area contributed by atoms with E-state index in [1.807, 2.05) is 41.3 Å². The lowest BCUT2D eigenvalue weighted by Gasteiger charge is -2.37. The summed E-state index contributed by atoms with van der Waals surface area (Å²) in [6.07, 6.45) is 2.20. The predicted molar refractivity (Wildman–Crippen MR) is 131 cm³/mol. The van der Waals surface area contributed by atoms with Crippen LogP contribution in [-0.4, -0.2) is 43.4 Å². The molecular weight excluding hydrogens is 426 g/mol. The van der Waals surface area contributed by atoms with Gasteiger partial charge in [-0.15, -0.1) is 0 Å². The Morgan fingerprint density at radius 2 is 1.68 bits per heavy atom. The first-order chi connectivity index (χ1) is 16.6. The highest BCUT2D eigenvalue weighted by Crippen LogP contribution is 2.39. The molecule has 3 aromatic carbocycles. The second-order valence-corrected chi connectivity index (χ2v) is 9.12. The molecule has 5 heteroatoms. The molecule has 0 bridgehead atoms. The van der Waals surface area contributed by atoms with Gasteiger partial charge in [0.25, 0.3) is 5.91 Å². The smallest absolute Gasteiger partial charge is 0.253 e. The summed E-state index contributed by atoms with van der Waals surface area (Å²) in [6.45, 7) is 1.55. The topological polar surface area (TPSA) is 55.8 Å². The number of carbonyl (C=O) groups is 2. The van der Waals surface area contributed by atoms with Crippen molar-refractivity contribution in [2.45, 2.75) is 25.2 Å². The highest BCUT2D eigenvalue weighted by molar-refractivity contribution is 5.95. The van der Waals surface area contributed by atoms with E-state index in [0.29, 0.717) is 23.7 Å². The van der Waals surface area contributed by atoms with Gasteiger partial charge in [0.05, 0.1) is 7.11 Å². The van der Waals surface area contributed by atoms with Crippen LogP contribution in [0.25, 0.3) is 0 Å². The van der Waals surface area contributed by atoms with E-state index in [0.717, 1.165) is 37.2 Å². The van der Waals surface area contributed by atoms with Crippen LogP contribution in [0.1, 0.15) is 45.8 Å². The molecule has 0 aromatic heterocycles. The third kappa shape index (κ3) is 4.56. The van der Waals surface area contributed by atoms with Crippen LogP contribution in [0, 0.1) is 5.92 Å². The summed E-state index contributed by atoms with van der Waals surface area (Å²) in [5.41, 5.74) is 4.01. The van der Waals surface area contributed by atoms with Crippen molar-refractivity contribution in [3.05, 3.63) is 95.1 Å². The maximum absolute atomic E-state index is 13.2. The van der Waals surface area contributed by atoms with Crippen molar-refractivity contribution < 1.29 is 19.1 Å². The fourth-order valence-corrected chi connectivity index (χ4v) is 5.24. The lowest BCUT2D eigenvalue weighted by molar-refractivity contribution is -0.121. The Kier molecular flexibility index (Phi) is 6.35. The minimum absolute atomic E-state index is 0.0278. The molecule has 0 spiro atoms. The molecule has 1 fully saturated rings. The van der Waals surface area contributed by atoms with E-state index < -0.39 is 0 Å². The number of ketones is 1. The minimum Gasteiger partial charge on any atom is -0.497 e. The summed E-state index contributed by atoms with van der Waals surface area (Å²) >= 11 is 0. The van der Waals surface area contributed by atoms with Crippen molar-refractivity contribution in [3.8, 4) is 11.5 Å². The number of ether oxygens (including phenoxy) is 2. The SMILES string of the molecule is COc1ccc([C@@H](c2ccccc2)C2CCN(C(=O)c3ccc4c(c3)CC(=O)CO4)CC2)cc1. The fourth-order valence-electron chi connectivity index (χ4n) is 5.24. The van der Waals surface area contributed by atoms with Gasteiger partial charge in [-0.05, 0) is 60.2 Å². The summed E-state index contributed by atoms with van der Waals surface area (Å²) in [5, 5.41) is 0. The number of methoxy groups -OCH3 is 1. The second-order valence-electron chi connectivity index (χ2n) is 9.12. The second kappa shape index (κ2) is 9.72. The average Bonchev–Trinajstić information content (AvgIpc) is 2.89. The lowest BCUT2D eigenvalue weighted by atomic mass is 9.76. The van der Waals surface area contributed by atoms with E-state index in [2.05, 4.69) is 36.4 Å². The Balaban J connectivity index is 1.32. The highest BCUT2D eigenvalue weighted by Gasteiger charge is 2.31. The van der Waals surface area contributed by atoms with Crippen molar-refractivity contribution in [1.82, 2.24) is 4.90 Å². The quantitative estimate of drug-likeness (QED) is 0.550. The number of amides is 1. The molecule has 0 saturated carbocycles. The third-order valence-electron chi connectivity index (χ3n) is 7.02. The Morgan fingerprint density at radius 1 is 0.971 bits per heavy atom. The van der Waals surface area contributed by atoms with Gasteiger partial charge in [-0.1, -0.05) is 42.5 Å². The van der Waals surface area contributed by atoms with Gasteiger partial charge in [-0.3, -0.25) is 9.59 Å². The summed E-state index contributed by atoms with van der Waals surface area (Å²) in [5.74, 6) is 2.35. The van der Waals surface area contributed by atoms with Gasteiger partial charge in [0.2, 0.25) is 0 Å². The highest BCUT2D eigenvalue weighted by atomic mass is 16.5. The molecular formula is C29H29NO4. The summed E-state index contributed by atoms with van der Waals surface area (Å²) < 4.78 is 10.8. The van der Waals surface area contributed by atoms with E-state index in [-0.39, 0.29) is 24.2 Å². The molecule has 3 aromatic rings. The maximum Gasteiger partial charge on any atom is 0.253 e. The number of fused-ring (bicyclic) bond motifs is 1. The van der Waals surface area contributed by atoms with Crippen molar-refractivity contribution >= 4 is 11.7 Å². The first kappa shape index (κ1) is 22.2. The molecule has 174 valence electrons. The number of nitrogens with zero attached hydrogens (tertiary/aromatic N) is 1. The summed E-state index contributed by atoms with van der Waals surface area (Å²) in [4.78, 5) is 26.9. The molecule has 2 aliphatic heterocycles. The Hall–Kier alpha value is -3.60. The molecule has 34 heavy (non-hydrogen) atoms. The maximum atomic E-state index is 13.2. The van der Waals surface area contributed by atoms with Crippen LogP contribution in [-0.2, 0) is 11.2 Å². The molecule has 2 aliphatic rings. The van der Waals surface area contributed by atoms with Crippen LogP contribution in [0.4, 0.5) is 0 Å². The lowest BCUT2D eigenvalue weighted by Crippen LogP contribution is -2.40. The van der Waals surface area contributed by atoms with Crippen molar-refractivity contribution in [2.24, 2.45) is 5.92 Å². The van der Waals surface area contributed by atoms with Gasteiger partial charge in [-0.25, -0.2) is 0 Å². The van der Waals surface area contributed by atoms with Gasteiger partial charge < -0.3 is 14.4 Å². The first-order valence-corrected chi connectivity index (χ1v) is 11.9. The summed E-state index contributed by atoms with van der Waals surface area (Å²) in [6, 6.07) is 24.4. The number of likely N-dealkylation sites (tertiary alicyclic amines) is 1. The zero-order valence-corrected chi connectivity index (χ0v) is 19.4. The van der Waals surface area contributed by atoms with Crippen LogP contribution in [0.2, 0.25) is 0 Å². The molecule has 0 radical (unpaired) electrons. The number of piperidine rings is 1.